The Labute approximate surface area is 162 Å². The summed E-state index contributed by atoms with van der Waals surface area (Å²) in [7, 11) is 0. The molecule has 2 aromatic heterocycles. The maximum Gasteiger partial charge on any atom is 0.250 e. The molecule has 0 aliphatic heterocycles. The zero-order valence-corrected chi connectivity index (χ0v) is 16.2. The minimum absolute atomic E-state index is 0.0706. The second-order valence-electron chi connectivity index (χ2n) is 5.86. The molecule has 0 atom stereocenters. The Kier molecular flexibility index (Phi) is 5.18. The number of hydrogen-bond acceptors (Lipinski definition) is 9. The zero-order valence-electron chi connectivity index (χ0n) is 13.8. The van der Waals surface area contributed by atoms with Gasteiger partial charge in [0.25, 0.3) is 0 Å². The summed E-state index contributed by atoms with van der Waals surface area (Å²) in [6.45, 7) is 0. The number of benzene rings is 1. The molecule has 1 aliphatic carbocycles. The summed E-state index contributed by atoms with van der Waals surface area (Å²) in [6, 6.07) is 7.80. The summed E-state index contributed by atoms with van der Waals surface area (Å²) < 4.78 is 1.72. The molecule has 0 amide bonds. The van der Waals surface area contributed by atoms with Crippen LogP contribution >= 0.6 is 34.4 Å². The molecule has 2 N–H and O–H groups in total. The quantitative estimate of drug-likeness (QED) is 0.387. The third kappa shape index (κ3) is 3.89. The highest BCUT2D eigenvalue weighted by Gasteiger charge is 2.23. The summed E-state index contributed by atoms with van der Waals surface area (Å²) in [5, 5.41) is 6.03. The molecule has 26 heavy (non-hydrogen) atoms. The number of aromatic nitrogens is 2. The Bertz CT molecular complexity index is 927. The van der Waals surface area contributed by atoms with Gasteiger partial charge in [-0.15, -0.1) is 22.7 Å². The van der Waals surface area contributed by atoms with E-state index in [4.69, 9.17) is 10.6 Å². The number of para-hydroxylation sites is 1. The molecule has 9 heteroatoms. The Morgan fingerprint density at radius 2 is 2.08 bits per heavy atom. The average molecular weight is 405 g/mol. The van der Waals surface area contributed by atoms with Gasteiger partial charge in [-0.1, -0.05) is 17.3 Å². The Morgan fingerprint density at radius 1 is 1.27 bits per heavy atom. The molecule has 0 saturated heterocycles. The van der Waals surface area contributed by atoms with Crippen LogP contribution < -0.4 is 5.73 Å². The molecule has 6 nitrogen and oxygen atoms in total. The van der Waals surface area contributed by atoms with Crippen LogP contribution in [0.15, 0.2) is 39.1 Å². The smallest absolute Gasteiger partial charge is 0.250 e. The van der Waals surface area contributed by atoms with Crippen molar-refractivity contribution in [2.24, 2.45) is 5.16 Å². The number of anilines is 1. The normalized spacial score (nSPS) is 15.6. The molecule has 0 spiro atoms. The van der Waals surface area contributed by atoms with E-state index in [9.17, 15) is 4.79 Å². The van der Waals surface area contributed by atoms with Crippen LogP contribution in [0.1, 0.15) is 31.4 Å². The standard InChI is InChI=1S/C17H16N4O2S3/c18-16-19-12(9-24-16)14(21-23-10-5-1-2-6-10)15(22)26-17-20-11-7-3-4-8-13(11)25-17/h3-4,7-10H,1-2,5-6H2,(H2,18,19)/b21-14+. The van der Waals surface area contributed by atoms with Crippen molar-refractivity contribution in [2.75, 3.05) is 5.73 Å². The number of nitrogens with zero attached hydrogens (tertiary/aromatic N) is 3. The molecule has 1 saturated carbocycles. The van der Waals surface area contributed by atoms with Gasteiger partial charge in [0, 0.05) is 5.38 Å². The minimum Gasteiger partial charge on any atom is -0.392 e. The Morgan fingerprint density at radius 3 is 2.81 bits per heavy atom. The molecule has 1 aromatic carbocycles. The number of carbonyl (C=O) groups excluding carboxylic acids is 1. The van der Waals surface area contributed by atoms with Gasteiger partial charge in [-0.05, 0) is 49.6 Å². The summed E-state index contributed by atoms with van der Waals surface area (Å²) in [6.07, 6.45) is 4.27. The first kappa shape index (κ1) is 17.4. The molecule has 1 aliphatic rings. The van der Waals surface area contributed by atoms with Crippen LogP contribution in [0.4, 0.5) is 5.13 Å². The van der Waals surface area contributed by atoms with E-state index >= 15 is 0 Å². The van der Waals surface area contributed by atoms with Gasteiger partial charge < -0.3 is 10.6 Å². The molecule has 0 unspecified atom stereocenters. The first-order chi connectivity index (χ1) is 12.7. The highest BCUT2D eigenvalue weighted by molar-refractivity contribution is 8.16. The van der Waals surface area contributed by atoms with E-state index in [2.05, 4.69) is 15.1 Å². The van der Waals surface area contributed by atoms with Crippen molar-refractivity contribution in [3.05, 3.63) is 35.3 Å². The van der Waals surface area contributed by atoms with Crippen LogP contribution in [0.5, 0.6) is 0 Å². The van der Waals surface area contributed by atoms with Crippen LogP contribution in [0, 0.1) is 0 Å². The van der Waals surface area contributed by atoms with Crippen molar-refractivity contribution in [2.45, 2.75) is 36.1 Å². The van der Waals surface area contributed by atoms with E-state index in [0.29, 0.717) is 15.2 Å². The minimum atomic E-state index is -0.243. The lowest BCUT2D eigenvalue weighted by atomic mass is 10.3. The van der Waals surface area contributed by atoms with E-state index in [1.165, 1.54) is 22.7 Å². The number of oxime groups is 1. The lowest BCUT2D eigenvalue weighted by molar-refractivity contribution is -0.105. The number of rotatable bonds is 5. The molecule has 134 valence electrons. The number of nitrogens with two attached hydrogens (primary N) is 1. The monoisotopic (exact) mass is 404 g/mol. The molecular formula is C17H16N4O2S3. The predicted octanol–water partition coefficient (Wildman–Crippen LogP) is 4.32. The van der Waals surface area contributed by atoms with Gasteiger partial charge in [0.05, 0.1) is 10.2 Å². The van der Waals surface area contributed by atoms with Crippen LogP contribution in [0.3, 0.4) is 0 Å². The number of fused-ring (bicyclic) bond motifs is 1. The average Bonchev–Trinajstić information content (AvgIpc) is 3.35. The molecule has 0 bridgehead atoms. The number of thioether (sulfide) groups is 1. The third-order valence-corrected chi connectivity index (χ3v) is 6.66. The van der Waals surface area contributed by atoms with Crippen LogP contribution in [0.2, 0.25) is 0 Å². The Hall–Kier alpha value is -1.97. The van der Waals surface area contributed by atoms with E-state index in [0.717, 1.165) is 47.7 Å². The lowest BCUT2D eigenvalue weighted by Crippen LogP contribution is -2.15. The summed E-state index contributed by atoms with van der Waals surface area (Å²) >= 11 is 3.80. The highest BCUT2D eigenvalue weighted by Crippen LogP contribution is 2.31. The highest BCUT2D eigenvalue weighted by atomic mass is 32.2. The van der Waals surface area contributed by atoms with Gasteiger partial charge in [0.1, 0.15) is 11.8 Å². The van der Waals surface area contributed by atoms with E-state index in [1.54, 1.807) is 5.38 Å². The number of carbonyl (C=O) groups is 1. The van der Waals surface area contributed by atoms with Gasteiger partial charge in [-0.2, -0.15) is 0 Å². The number of nitrogen functional groups attached to an aromatic ring is 1. The first-order valence-corrected chi connectivity index (χ1v) is 10.7. The molecule has 2 heterocycles. The molecule has 4 rings (SSSR count). The fourth-order valence-electron chi connectivity index (χ4n) is 2.73. The van der Waals surface area contributed by atoms with E-state index in [-0.39, 0.29) is 16.9 Å². The largest absolute Gasteiger partial charge is 0.392 e. The summed E-state index contributed by atoms with van der Waals surface area (Å²) in [5.74, 6) is 0. The van der Waals surface area contributed by atoms with Gasteiger partial charge >= 0.3 is 0 Å². The van der Waals surface area contributed by atoms with Gasteiger partial charge in [0.15, 0.2) is 15.2 Å². The van der Waals surface area contributed by atoms with Crippen molar-refractivity contribution in [3.8, 4) is 0 Å². The predicted molar refractivity (Wildman–Crippen MR) is 107 cm³/mol. The van der Waals surface area contributed by atoms with Crippen LogP contribution in [-0.4, -0.2) is 26.9 Å². The zero-order chi connectivity index (χ0) is 17.9. The van der Waals surface area contributed by atoms with E-state index < -0.39 is 0 Å². The van der Waals surface area contributed by atoms with Crippen LogP contribution in [-0.2, 0) is 9.63 Å². The van der Waals surface area contributed by atoms with Crippen molar-refractivity contribution in [1.29, 1.82) is 0 Å². The fraction of sp³-hybridized carbons (Fsp3) is 0.294. The second kappa shape index (κ2) is 7.73. The fourth-order valence-corrected chi connectivity index (χ4v) is 5.18. The topological polar surface area (TPSA) is 90.5 Å². The van der Waals surface area contributed by atoms with Gasteiger partial charge in [-0.25, -0.2) is 9.97 Å². The van der Waals surface area contributed by atoms with Gasteiger partial charge in [-0.3, -0.25) is 4.79 Å². The summed E-state index contributed by atoms with van der Waals surface area (Å²) in [5.41, 5.74) is 7.24. The first-order valence-electron chi connectivity index (χ1n) is 8.22. The van der Waals surface area contributed by atoms with Crippen molar-refractivity contribution >= 4 is 60.6 Å². The maximum absolute atomic E-state index is 12.8. The SMILES string of the molecule is Nc1nc(/C(=N\OC2CCCC2)C(=O)Sc2nc3ccccc3s2)cs1. The molecule has 1 fully saturated rings. The molecular weight excluding hydrogens is 388 g/mol. The van der Waals surface area contributed by atoms with Crippen molar-refractivity contribution in [1.82, 2.24) is 9.97 Å². The molecule has 3 aromatic rings. The van der Waals surface area contributed by atoms with E-state index in [1.807, 2.05) is 24.3 Å². The van der Waals surface area contributed by atoms with Crippen LogP contribution in [0.25, 0.3) is 10.2 Å². The molecule has 0 radical (unpaired) electrons. The maximum atomic E-state index is 12.8. The van der Waals surface area contributed by atoms with Gasteiger partial charge in [0.2, 0.25) is 5.12 Å². The third-order valence-electron chi connectivity index (χ3n) is 4.01. The lowest BCUT2D eigenvalue weighted by Gasteiger charge is -2.08. The number of hydrogen-bond donors (Lipinski definition) is 1. The second-order valence-corrected chi connectivity index (χ2v) is 9.00. The summed E-state index contributed by atoms with van der Waals surface area (Å²) in [4.78, 5) is 27.1. The van der Waals surface area contributed by atoms with Crippen molar-refractivity contribution in [3.63, 3.8) is 0 Å². The van der Waals surface area contributed by atoms with Crippen molar-refractivity contribution < 1.29 is 9.63 Å². The Balaban J connectivity index is 1.57. The number of thiazole rings is 2.